The Kier molecular flexibility index (Phi) is 5.23. The number of nitrogens with zero attached hydrogens (tertiary/aromatic N) is 5. The minimum absolute atomic E-state index is 0.423. The molecule has 3 aromatic heterocycles. The Labute approximate surface area is 167 Å². The fraction of sp³-hybridized carbons (Fsp3) is 0.591. The Balaban J connectivity index is 1.66. The van der Waals surface area contributed by atoms with Crippen LogP contribution in [0.15, 0.2) is 18.6 Å². The number of aromatic amines is 1. The van der Waals surface area contributed by atoms with E-state index in [4.69, 9.17) is 5.10 Å². The van der Waals surface area contributed by atoms with Crippen molar-refractivity contribution in [3.05, 3.63) is 35.4 Å². The summed E-state index contributed by atoms with van der Waals surface area (Å²) >= 11 is 0. The number of rotatable bonds is 5. The highest BCUT2D eigenvalue weighted by Crippen LogP contribution is 2.40. The van der Waals surface area contributed by atoms with E-state index in [1.54, 1.807) is 6.33 Å². The smallest absolute Gasteiger partial charge is 0.158 e. The molecule has 3 aromatic rings. The number of H-pyrrole nitrogens is 1. The number of aromatic nitrogens is 5. The summed E-state index contributed by atoms with van der Waals surface area (Å²) in [6.45, 7) is 10.0. The Hall–Kier alpha value is -2.21. The lowest BCUT2D eigenvalue weighted by Crippen LogP contribution is -2.34. The van der Waals surface area contributed by atoms with Crippen LogP contribution in [0.25, 0.3) is 16.9 Å². The molecule has 0 saturated heterocycles. The van der Waals surface area contributed by atoms with Gasteiger partial charge in [0, 0.05) is 29.3 Å². The summed E-state index contributed by atoms with van der Waals surface area (Å²) < 4.78 is 1.86. The largest absolute Gasteiger partial charge is 0.304 e. The van der Waals surface area contributed by atoms with Gasteiger partial charge in [-0.15, -0.1) is 0 Å². The molecule has 0 spiro atoms. The summed E-state index contributed by atoms with van der Waals surface area (Å²) in [5, 5.41) is 12.6. The van der Waals surface area contributed by atoms with Crippen molar-refractivity contribution < 1.29 is 0 Å². The molecule has 1 saturated carbocycles. The maximum atomic E-state index is 4.84. The van der Waals surface area contributed by atoms with Crippen molar-refractivity contribution in [2.24, 2.45) is 0 Å². The molecule has 1 fully saturated rings. The molecule has 0 aromatic carbocycles. The van der Waals surface area contributed by atoms with Crippen LogP contribution < -0.4 is 0 Å². The molecule has 0 atom stereocenters. The van der Waals surface area contributed by atoms with E-state index in [9.17, 15) is 0 Å². The zero-order valence-corrected chi connectivity index (χ0v) is 17.7. The Morgan fingerprint density at radius 3 is 2.68 bits per heavy atom. The van der Waals surface area contributed by atoms with Crippen LogP contribution in [0.3, 0.4) is 0 Å². The van der Waals surface area contributed by atoms with E-state index in [-0.39, 0.29) is 0 Å². The normalized spacial score (nSPS) is 20.5. The predicted molar refractivity (Wildman–Crippen MR) is 113 cm³/mol. The van der Waals surface area contributed by atoms with Gasteiger partial charge in [0.25, 0.3) is 0 Å². The lowest BCUT2D eigenvalue weighted by Gasteiger charge is -2.34. The van der Waals surface area contributed by atoms with Gasteiger partial charge in [0.2, 0.25) is 0 Å². The third kappa shape index (κ3) is 3.34. The van der Waals surface area contributed by atoms with Crippen molar-refractivity contribution >= 4 is 5.65 Å². The molecule has 0 unspecified atom stereocenters. The van der Waals surface area contributed by atoms with E-state index >= 15 is 0 Å². The predicted octanol–water partition coefficient (Wildman–Crippen LogP) is 4.53. The molecule has 0 aliphatic heterocycles. The second-order valence-corrected chi connectivity index (χ2v) is 8.57. The van der Waals surface area contributed by atoms with Crippen LogP contribution in [0.1, 0.15) is 75.1 Å². The molecule has 6 heteroatoms. The fourth-order valence-corrected chi connectivity index (χ4v) is 4.76. The summed E-state index contributed by atoms with van der Waals surface area (Å²) in [6, 6.07) is 2.92. The lowest BCUT2D eigenvalue weighted by atomic mass is 9.80. The molecule has 6 nitrogen and oxygen atoms in total. The van der Waals surface area contributed by atoms with Crippen LogP contribution >= 0.6 is 0 Å². The highest BCUT2D eigenvalue weighted by molar-refractivity contribution is 5.68. The molecule has 28 heavy (non-hydrogen) atoms. The first kappa shape index (κ1) is 19.1. The summed E-state index contributed by atoms with van der Waals surface area (Å²) in [5.41, 5.74) is 6.96. The van der Waals surface area contributed by atoms with Crippen LogP contribution in [0.5, 0.6) is 0 Å². The van der Waals surface area contributed by atoms with Crippen LogP contribution in [-0.4, -0.2) is 49.3 Å². The minimum Gasteiger partial charge on any atom is -0.304 e. The summed E-state index contributed by atoms with van der Waals surface area (Å²) in [6.07, 6.45) is 8.64. The van der Waals surface area contributed by atoms with Crippen molar-refractivity contribution in [2.45, 2.75) is 71.3 Å². The van der Waals surface area contributed by atoms with Gasteiger partial charge in [-0.1, -0.05) is 20.8 Å². The van der Waals surface area contributed by atoms with Gasteiger partial charge in [0.1, 0.15) is 6.33 Å². The van der Waals surface area contributed by atoms with E-state index in [0.717, 1.165) is 35.1 Å². The third-order valence-electron chi connectivity index (χ3n) is 6.46. The number of nitrogens with one attached hydrogen (secondary N) is 1. The van der Waals surface area contributed by atoms with Crippen molar-refractivity contribution in [3.8, 4) is 11.3 Å². The Morgan fingerprint density at radius 2 is 2.00 bits per heavy atom. The molecule has 150 valence electrons. The van der Waals surface area contributed by atoms with Gasteiger partial charge >= 0.3 is 0 Å². The zero-order valence-electron chi connectivity index (χ0n) is 17.7. The molecule has 1 aliphatic carbocycles. The van der Waals surface area contributed by atoms with Crippen LogP contribution in [0, 0.1) is 6.92 Å². The molecular weight excluding hydrogens is 348 g/mol. The van der Waals surface area contributed by atoms with E-state index in [0.29, 0.717) is 11.8 Å². The number of hydrogen-bond donors (Lipinski definition) is 1. The van der Waals surface area contributed by atoms with Crippen molar-refractivity contribution in [2.75, 3.05) is 13.6 Å². The van der Waals surface area contributed by atoms with Gasteiger partial charge in [-0.2, -0.15) is 10.2 Å². The second-order valence-electron chi connectivity index (χ2n) is 8.57. The van der Waals surface area contributed by atoms with Gasteiger partial charge in [0.05, 0.1) is 11.4 Å². The van der Waals surface area contributed by atoms with Gasteiger partial charge in [0.15, 0.2) is 5.65 Å². The summed E-state index contributed by atoms with van der Waals surface area (Å²) in [7, 11) is 2.25. The van der Waals surface area contributed by atoms with Crippen molar-refractivity contribution in [1.82, 2.24) is 29.7 Å². The average Bonchev–Trinajstić information content (AvgIpc) is 3.34. The first-order chi connectivity index (χ1) is 13.5. The quantitative estimate of drug-likeness (QED) is 0.706. The number of fused-ring (bicyclic) bond motifs is 1. The van der Waals surface area contributed by atoms with Gasteiger partial charge in [-0.3, -0.25) is 5.10 Å². The molecule has 0 radical (unpaired) electrons. The van der Waals surface area contributed by atoms with Crippen LogP contribution in [0.4, 0.5) is 0 Å². The van der Waals surface area contributed by atoms with Gasteiger partial charge < -0.3 is 4.90 Å². The first-order valence-corrected chi connectivity index (χ1v) is 10.6. The topological polar surface area (TPSA) is 62.1 Å². The lowest BCUT2D eigenvalue weighted by molar-refractivity contribution is 0.189. The fourth-order valence-electron chi connectivity index (χ4n) is 4.76. The maximum Gasteiger partial charge on any atom is 0.158 e. The molecule has 0 bridgehead atoms. The molecule has 1 N–H and O–H groups in total. The van der Waals surface area contributed by atoms with Crippen molar-refractivity contribution in [1.29, 1.82) is 0 Å². The standard InChI is InChI=1S/C22H32N6/c1-6-27(5)18-9-7-16(8-10-18)20-19(14(2)3)21(26-25-20)17-11-15(4)22-23-13-24-28(22)12-17/h11-14,16,18H,6-10H2,1-5H3,(H,25,26). The van der Waals surface area contributed by atoms with Crippen LogP contribution in [-0.2, 0) is 0 Å². The van der Waals surface area contributed by atoms with Gasteiger partial charge in [-0.25, -0.2) is 9.50 Å². The summed E-state index contributed by atoms with van der Waals surface area (Å²) in [4.78, 5) is 6.83. The summed E-state index contributed by atoms with van der Waals surface area (Å²) in [5.74, 6) is 0.978. The molecule has 3 heterocycles. The van der Waals surface area contributed by atoms with E-state index in [2.05, 4.69) is 67.1 Å². The molecule has 1 aliphatic rings. The maximum absolute atomic E-state index is 4.84. The Morgan fingerprint density at radius 1 is 1.25 bits per heavy atom. The zero-order chi connectivity index (χ0) is 19.8. The molecule has 0 amide bonds. The van der Waals surface area contributed by atoms with E-state index in [1.165, 1.54) is 36.9 Å². The highest BCUT2D eigenvalue weighted by atomic mass is 15.3. The first-order valence-electron chi connectivity index (χ1n) is 10.6. The average molecular weight is 381 g/mol. The SMILES string of the molecule is CCN(C)C1CCC(c2n[nH]c(-c3cc(C)c4ncnn4c3)c2C(C)C)CC1. The van der Waals surface area contributed by atoms with Gasteiger partial charge in [-0.05, 0) is 63.7 Å². The van der Waals surface area contributed by atoms with E-state index < -0.39 is 0 Å². The minimum atomic E-state index is 0.423. The number of aryl methyl sites for hydroxylation is 1. The monoisotopic (exact) mass is 380 g/mol. The molecule has 4 rings (SSSR count). The Bertz CT molecular complexity index is 945. The van der Waals surface area contributed by atoms with E-state index in [1.807, 2.05) is 4.52 Å². The number of hydrogen-bond acceptors (Lipinski definition) is 4. The second kappa shape index (κ2) is 7.66. The van der Waals surface area contributed by atoms with Crippen LogP contribution in [0.2, 0.25) is 0 Å². The highest BCUT2D eigenvalue weighted by Gasteiger charge is 2.29. The number of pyridine rings is 1. The van der Waals surface area contributed by atoms with Crippen molar-refractivity contribution in [3.63, 3.8) is 0 Å². The third-order valence-corrected chi connectivity index (χ3v) is 6.46. The molecular formula is C22H32N6.